The van der Waals surface area contributed by atoms with Crippen LogP contribution < -0.4 is 5.32 Å². The zero-order chi connectivity index (χ0) is 11.5. The Balaban J connectivity index is 2.56. The molecule has 1 heterocycles. The third-order valence-electron chi connectivity index (χ3n) is 2.53. The summed E-state index contributed by atoms with van der Waals surface area (Å²) in [6.07, 6.45) is 2.80. The predicted octanol–water partition coefficient (Wildman–Crippen LogP) is 3.71. The highest BCUT2D eigenvalue weighted by atomic mass is 79.9. The van der Waals surface area contributed by atoms with E-state index in [1.165, 1.54) is 0 Å². The molecule has 3 heteroatoms. The molecule has 0 aliphatic carbocycles. The molecular formula is C12H20BrNO. The van der Waals surface area contributed by atoms with E-state index < -0.39 is 0 Å². The van der Waals surface area contributed by atoms with Gasteiger partial charge in [-0.2, -0.15) is 0 Å². The van der Waals surface area contributed by atoms with Gasteiger partial charge in [-0.25, -0.2) is 0 Å². The normalized spacial score (nSPS) is 12.4. The fraction of sp³-hybridized carbons (Fsp3) is 0.667. The molecule has 0 atom stereocenters. The van der Waals surface area contributed by atoms with E-state index in [-0.39, 0.29) is 5.41 Å². The van der Waals surface area contributed by atoms with Gasteiger partial charge in [0.05, 0.1) is 10.7 Å². The molecule has 1 aromatic heterocycles. The van der Waals surface area contributed by atoms with Crippen LogP contribution in [0.3, 0.4) is 0 Å². The second-order valence-corrected chi connectivity index (χ2v) is 5.69. The standard InChI is InChI=1S/C12H20BrNO/c1-9(2)14-7-6-12(3,4)11-10(13)5-8-15-11/h5,8-9,14H,6-7H2,1-4H3. The van der Waals surface area contributed by atoms with Crippen molar-refractivity contribution in [2.45, 2.75) is 45.6 Å². The Morgan fingerprint density at radius 2 is 2.13 bits per heavy atom. The molecule has 0 aliphatic heterocycles. The van der Waals surface area contributed by atoms with Crippen LogP contribution in [0.25, 0.3) is 0 Å². The molecule has 0 amide bonds. The highest BCUT2D eigenvalue weighted by molar-refractivity contribution is 9.10. The summed E-state index contributed by atoms with van der Waals surface area (Å²) in [4.78, 5) is 0. The summed E-state index contributed by atoms with van der Waals surface area (Å²) >= 11 is 3.51. The van der Waals surface area contributed by atoms with Crippen LogP contribution in [-0.2, 0) is 5.41 Å². The van der Waals surface area contributed by atoms with E-state index in [2.05, 4.69) is 48.9 Å². The molecule has 0 aromatic carbocycles. The second kappa shape index (κ2) is 5.17. The molecule has 0 unspecified atom stereocenters. The van der Waals surface area contributed by atoms with Crippen molar-refractivity contribution in [2.24, 2.45) is 0 Å². The lowest BCUT2D eigenvalue weighted by Gasteiger charge is -2.23. The Morgan fingerprint density at radius 1 is 1.47 bits per heavy atom. The van der Waals surface area contributed by atoms with Crippen LogP contribution in [0.4, 0.5) is 0 Å². The topological polar surface area (TPSA) is 25.2 Å². The van der Waals surface area contributed by atoms with Crippen LogP contribution in [0.15, 0.2) is 21.2 Å². The van der Waals surface area contributed by atoms with Crippen molar-refractivity contribution in [1.29, 1.82) is 0 Å². The SMILES string of the molecule is CC(C)NCCC(C)(C)c1occc1Br. The van der Waals surface area contributed by atoms with Gasteiger partial charge in [0.1, 0.15) is 5.76 Å². The van der Waals surface area contributed by atoms with Gasteiger partial charge in [-0.15, -0.1) is 0 Å². The number of hydrogen-bond donors (Lipinski definition) is 1. The third-order valence-corrected chi connectivity index (χ3v) is 3.16. The number of hydrogen-bond acceptors (Lipinski definition) is 2. The smallest absolute Gasteiger partial charge is 0.123 e. The molecule has 1 rings (SSSR count). The van der Waals surface area contributed by atoms with Crippen LogP contribution in [0, 0.1) is 0 Å². The molecule has 0 fully saturated rings. The number of furan rings is 1. The van der Waals surface area contributed by atoms with E-state index >= 15 is 0 Å². The Morgan fingerprint density at radius 3 is 2.60 bits per heavy atom. The van der Waals surface area contributed by atoms with Gasteiger partial charge in [0, 0.05) is 11.5 Å². The fourth-order valence-corrected chi connectivity index (χ4v) is 2.30. The van der Waals surface area contributed by atoms with Crippen molar-refractivity contribution in [2.75, 3.05) is 6.54 Å². The number of nitrogens with one attached hydrogen (secondary N) is 1. The maximum Gasteiger partial charge on any atom is 0.123 e. The van der Waals surface area contributed by atoms with Gasteiger partial charge in [0.15, 0.2) is 0 Å². The van der Waals surface area contributed by atoms with Crippen LogP contribution in [0.2, 0.25) is 0 Å². The minimum Gasteiger partial charge on any atom is -0.468 e. The zero-order valence-electron chi connectivity index (χ0n) is 9.93. The van der Waals surface area contributed by atoms with Crippen molar-refractivity contribution in [1.82, 2.24) is 5.32 Å². The van der Waals surface area contributed by atoms with Gasteiger partial charge >= 0.3 is 0 Å². The minimum absolute atomic E-state index is 0.0736. The Bertz CT molecular complexity index is 304. The maximum absolute atomic E-state index is 5.51. The number of halogens is 1. The molecule has 0 radical (unpaired) electrons. The summed E-state index contributed by atoms with van der Waals surface area (Å²) in [5.41, 5.74) is 0.0736. The molecular weight excluding hydrogens is 254 g/mol. The minimum atomic E-state index is 0.0736. The Labute approximate surface area is 101 Å². The first-order valence-electron chi connectivity index (χ1n) is 5.40. The van der Waals surface area contributed by atoms with E-state index in [1.807, 2.05) is 6.07 Å². The number of rotatable bonds is 5. The predicted molar refractivity (Wildman–Crippen MR) is 67.2 cm³/mol. The molecule has 2 nitrogen and oxygen atoms in total. The highest BCUT2D eigenvalue weighted by Gasteiger charge is 2.25. The molecule has 0 spiro atoms. The van der Waals surface area contributed by atoms with Gasteiger partial charge in [-0.1, -0.05) is 27.7 Å². The Hall–Kier alpha value is -0.280. The van der Waals surface area contributed by atoms with Crippen molar-refractivity contribution in [3.8, 4) is 0 Å². The van der Waals surface area contributed by atoms with Gasteiger partial charge in [-0.3, -0.25) is 0 Å². The van der Waals surface area contributed by atoms with E-state index in [9.17, 15) is 0 Å². The van der Waals surface area contributed by atoms with E-state index in [0.717, 1.165) is 23.2 Å². The lowest BCUT2D eigenvalue weighted by molar-refractivity contribution is 0.351. The van der Waals surface area contributed by atoms with Crippen LogP contribution in [-0.4, -0.2) is 12.6 Å². The first-order valence-corrected chi connectivity index (χ1v) is 6.19. The molecule has 86 valence electrons. The van der Waals surface area contributed by atoms with Crippen molar-refractivity contribution < 1.29 is 4.42 Å². The van der Waals surface area contributed by atoms with E-state index in [4.69, 9.17) is 4.42 Å². The maximum atomic E-state index is 5.51. The quantitative estimate of drug-likeness (QED) is 0.885. The molecule has 1 aromatic rings. The lowest BCUT2D eigenvalue weighted by atomic mass is 9.86. The summed E-state index contributed by atoms with van der Waals surface area (Å²) in [6.45, 7) is 9.75. The largest absolute Gasteiger partial charge is 0.468 e. The van der Waals surface area contributed by atoms with Crippen LogP contribution in [0.5, 0.6) is 0 Å². The first kappa shape index (κ1) is 12.8. The van der Waals surface area contributed by atoms with Gasteiger partial charge in [-0.05, 0) is 35.0 Å². The van der Waals surface area contributed by atoms with Gasteiger partial charge in [0.2, 0.25) is 0 Å². The summed E-state index contributed by atoms with van der Waals surface area (Å²) in [6, 6.07) is 2.49. The lowest BCUT2D eigenvalue weighted by Crippen LogP contribution is -2.29. The summed E-state index contributed by atoms with van der Waals surface area (Å²) < 4.78 is 6.58. The van der Waals surface area contributed by atoms with E-state index in [0.29, 0.717) is 6.04 Å². The summed E-state index contributed by atoms with van der Waals surface area (Å²) in [5.74, 6) is 1.04. The molecule has 0 saturated carbocycles. The zero-order valence-corrected chi connectivity index (χ0v) is 11.5. The molecule has 1 N–H and O–H groups in total. The Kier molecular flexibility index (Phi) is 4.41. The first-order chi connectivity index (χ1) is 6.93. The third kappa shape index (κ3) is 3.65. The monoisotopic (exact) mass is 273 g/mol. The average molecular weight is 274 g/mol. The molecule has 0 aliphatic rings. The highest BCUT2D eigenvalue weighted by Crippen LogP contribution is 2.33. The summed E-state index contributed by atoms with van der Waals surface area (Å²) in [5, 5.41) is 3.43. The second-order valence-electron chi connectivity index (χ2n) is 4.84. The van der Waals surface area contributed by atoms with Crippen LogP contribution >= 0.6 is 15.9 Å². The summed E-state index contributed by atoms with van der Waals surface area (Å²) in [7, 11) is 0. The average Bonchev–Trinajstić information content (AvgIpc) is 2.50. The van der Waals surface area contributed by atoms with Crippen molar-refractivity contribution in [3.05, 3.63) is 22.6 Å². The fourth-order valence-electron chi connectivity index (χ4n) is 1.56. The van der Waals surface area contributed by atoms with Crippen LogP contribution in [0.1, 0.15) is 39.9 Å². The van der Waals surface area contributed by atoms with Gasteiger partial charge < -0.3 is 9.73 Å². The molecule has 0 saturated heterocycles. The molecule has 0 bridgehead atoms. The van der Waals surface area contributed by atoms with Crippen molar-refractivity contribution in [3.63, 3.8) is 0 Å². The van der Waals surface area contributed by atoms with E-state index in [1.54, 1.807) is 6.26 Å². The molecule has 15 heavy (non-hydrogen) atoms. The van der Waals surface area contributed by atoms with Gasteiger partial charge in [0.25, 0.3) is 0 Å². The van der Waals surface area contributed by atoms with Crippen molar-refractivity contribution >= 4 is 15.9 Å².